The molecule has 2 amide bonds. The Balaban J connectivity index is 1.45. The van der Waals surface area contributed by atoms with Crippen LogP contribution in [-0.4, -0.2) is 46.2 Å². The monoisotopic (exact) mass is 565 g/mol. The summed E-state index contributed by atoms with van der Waals surface area (Å²) in [6, 6.07) is 22.1. The van der Waals surface area contributed by atoms with Gasteiger partial charge in [-0.1, -0.05) is 59.1 Å². The highest BCUT2D eigenvalue weighted by molar-refractivity contribution is 6.31. The Kier molecular flexibility index (Phi) is 7.56. The number of benzene rings is 3. The molecule has 1 fully saturated rings. The van der Waals surface area contributed by atoms with Crippen molar-refractivity contribution in [3.05, 3.63) is 127 Å². The smallest absolute Gasteiger partial charge is 0.255 e. The molecule has 1 N–H and O–H groups in total. The number of halogens is 3. The molecular weight excluding hydrogens is 545 g/mol. The van der Waals surface area contributed by atoms with Gasteiger partial charge >= 0.3 is 0 Å². The van der Waals surface area contributed by atoms with Crippen LogP contribution in [0.25, 0.3) is 11.1 Å². The van der Waals surface area contributed by atoms with Crippen molar-refractivity contribution in [3.8, 4) is 11.1 Å². The SMILES string of the molecule is O=C(c1c[nH]c(=O)c(-c2cccc(Cl)c2)c1)N1CCN(C(=O)c2ccc(Cl)cc2)C(c2ccc(Cl)cc2)C1. The van der Waals surface area contributed by atoms with Gasteiger partial charge in [0.25, 0.3) is 17.4 Å². The lowest BCUT2D eigenvalue weighted by Crippen LogP contribution is -2.52. The third kappa shape index (κ3) is 5.48. The van der Waals surface area contributed by atoms with Crippen LogP contribution in [0.1, 0.15) is 32.3 Å². The van der Waals surface area contributed by atoms with Crippen LogP contribution in [0.2, 0.25) is 15.1 Å². The molecule has 192 valence electrons. The van der Waals surface area contributed by atoms with E-state index in [0.29, 0.717) is 50.4 Å². The van der Waals surface area contributed by atoms with E-state index in [1.54, 1.807) is 76.5 Å². The zero-order valence-electron chi connectivity index (χ0n) is 20.0. The van der Waals surface area contributed by atoms with Gasteiger partial charge in [0, 0.05) is 52.0 Å². The topological polar surface area (TPSA) is 73.5 Å². The first-order chi connectivity index (χ1) is 18.3. The minimum atomic E-state index is -0.400. The summed E-state index contributed by atoms with van der Waals surface area (Å²) in [5.74, 6) is -0.400. The summed E-state index contributed by atoms with van der Waals surface area (Å²) in [6.45, 7) is 0.921. The van der Waals surface area contributed by atoms with Crippen LogP contribution in [0.4, 0.5) is 0 Å². The number of nitrogens with one attached hydrogen (secondary N) is 1. The molecule has 4 aromatic rings. The molecule has 38 heavy (non-hydrogen) atoms. The van der Waals surface area contributed by atoms with Crippen molar-refractivity contribution < 1.29 is 9.59 Å². The van der Waals surface area contributed by atoms with Crippen molar-refractivity contribution in [1.29, 1.82) is 0 Å². The molecule has 2 heterocycles. The van der Waals surface area contributed by atoms with Crippen molar-refractivity contribution in [2.45, 2.75) is 6.04 Å². The lowest BCUT2D eigenvalue weighted by Gasteiger charge is -2.42. The van der Waals surface area contributed by atoms with Gasteiger partial charge in [-0.15, -0.1) is 0 Å². The average molecular weight is 567 g/mol. The summed E-state index contributed by atoms with van der Waals surface area (Å²) in [5.41, 5.74) is 2.36. The van der Waals surface area contributed by atoms with Crippen LogP contribution in [0.5, 0.6) is 0 Å². The number of rotatable bonds is 4. The van der Waals surface area contributed by atoms with E-state index < -0.39 is 6.04 Å². The molecule has 6 nitrogen and oxygen atoms in total. The first-order valence-corrected chi connectivity index (χ1v) is 13.0. The van der Waals surface area contributed by atoms with Gasteiger partial charge < -0.3 is 14.8 Å². The van der Waals surface area contributed by atoms with Gasteiger partial charge in [0.1, 0.15) is 0 Å². The minimum absolute atomic E-state index is 0.152. The van der Waals surface area contributed by atoms with Crippen LogP contribution in [0.3, 0.4) is 0 Å². The van der Waals surface area contributed by atoms with Crippen molar-refractivity contribution in [1.82, 2.24) is 14.8 Å². The molecular formula is C29H22Cl3N3O3. The number of amides is 2. The molecule has 0 aliphatic carbocycles. The summed E-state index contributed by atoms with van der Waals surface area (Å²) in [7, 11) is 0. The third-order valence-electron chi connectivity index (χ3n) is 6.56. The molecule has 1 unspecified atom stereocenters. The summed E-state index contributed by atoms with van der Waals surface area (Å²) < 4.78 is 0. The maximum Gasteiger partial charge on any atom is 0.255 e. The number of carbonyl (C=O) groups is 2. The van der Waals surface area contributed by atoms with Gasteiger partial charge in [0.2, 0.25) is 0 Å². The number of hydrogen-bond donors (Lipinski definition) is 1. The predicted molar refractivity (Wildman–Crippen MR) is 150 cm³/mol. The zero-order chi connectivity index (χ0) is 26.8. The standard InChI is InChI=1S/C29H22Cl3N3O3/c30-22-8-4-18(5-9-22)26-17-34(12-13-35(26)29(38)19-6-10-23(31)11-7-19)28(37)21-15-25(27(36)33-16-21)20-2-1-3-24(32)14-20/h1-11,14-16,26H,12-13,17H2,(H,33,36). The van der Waals surface area contributed by atoms with Gasteiger partial charge in [0.15, 0.2) is 0 Å². The van der Waals surface area contributed by atoms with E-state index >= 15 is 0 Å². The van der Waals surface area contributed by atoms with Gasteiger partial charge in [-0.3, -0.25) is 14.4 Å². The van der Waals surface area contributed by atoms with E-state index in [1.807, 2.05) is 12.1 Å². The Hall–Kier alpha value is -3.58. The van der Waals surface area contributed by atoms with Crippen molar-refractivity contribution in [2.24, 2.45) is 0 Å². The number of hydrogen-bond acceptors (Lipinski definition) is 3. The highest BCUT2D eigenvalue weighted by atomic mass is 35.5. The molecule has 0 saturated carbocycles. The number of pyridine rings is 1. The number of aromatic nitrogens is 1. The maximum absolute atomic E-state index is 13.6. The van der Waals surface area contributed by atoms with Crippen LogP contribution >= 0.6 is 34.8 Å². The average Bonchev–Trinajstić information content (AvgIpc) is 2.93. The molecule has 5 rings (SSSR count). The van der Waals surface area contributed by atoms with Crippen LogP contribution in [0.15, 0.2) is 89.9 Å². The van der Waals surface area contributed by atoms with Gasteiger partial charge in [-0.2, -0.15) is 0 Å². The Morgan fingerprint density at radius 2 is 1.45 bits per heavy atom. The van der Waals surface area contributed by atoms with Crippen molar-refractivity contribution in [2.75, 3.05) is 19.6 Å². The summed E-state index contributed by atoms with van der Waals surface area (Å²) >= 11 is 18.2. The first kappa shape index (κ1) is 26.0. The molecule has 1 saturated heterocycles. The number of carbonyl (C=O) groups excluding carboxylic acids is 2. The second-order valence-corrected chi connectivity index (χ2v) is 10.3. The fourth-order valence-electron chi connectivity index (χ4n) is 4.60. The first-order valence-electron chi connectivity index (χ1n) is 11.9. The highest BCUT2D eigenvalue weighted by Crippen LogP contribution is 2.30. The Labute approximate surface area is 234 Å². The molecule has 3 aromatic carbocycles. The number of aromatic amines is 1. The number of H-pyrrole nitrogens is 1. The molecule has 0 spiro atoms. The fourth-order valence-corrected chi connectivity index (χ4v) is 5.04. The van der Waals surface area contributed by atoms with E-state index in [4.69, 9.17) is 34.8 Å². The van der Waals surface area contributed by atoms with Crippen molar-refractivity contribution in [3.63, 3.8) is 0 Å². The molecule has 1 aliphatic heterocycles. The van der Waals surface area contributed by atoms with Crippen LogP contribution in [-0.2, 0) is 0 Å². The van der Waals surface area contributed by atoms with E-state index in [2.05, 4.69) is 4.98 Å². The Bertz CT molecular complexity index is 1550. The summed E-state index contributed by atoms with van der Waals surface area (Å²) in [6.07, 6.45) is 1.42. The number of nitrogens with zero attached hydrogens (tertiary/aromatic N) is 2. The van der Waals surface area contributed by atoms with E-state index in [1.165, 1.54) is 6.20 Å². The molecule has 0 radical (unpaired) electrons. The Morgan fingerprint density at radius 3 is 2.13 bits per heavy atom. The highest BCUT2D eigenvalue weighted by Gasteiger charge is 2.34. The van der Waals surface area contributed by atoms with Crippen LogP contribution < -0.4 is 5.56 Å². The lowest BCUT2D eigenvalue weighted by atomic mass is 10.00. The lowest BCUT2D eigenvalue weighted by molar-refractivity contribution is 0.0383. The second-order valence-electron chi connectivity index (χ2n) is 8.97. The summed E-state index contributed by atoms with van der Waals surface area (Å²) in [5, 5.41) is 1.62. The van der Waals surface area contributed by atoms with E-state index in [9.17, 15) is 14.4 Å². The fraction of sp³-hybridized carbons (Fsp3) is 0.138. The van der Waals surface area contributed by atoms with Crippen molar-refractivity contribution >= 4 is 46.6 Å². The zero-order valence-corrected chi connectivity index (χ0v) is 22.3. The normalized spacial score (nSPS) is 15.4. The number of piperazine rings is 1. The van der Waals surface area contributed by atoms with Gasteiger partial charge in [-0.05, 0) is 65.7 Å². The third-order valence-corrected chi connectivity index (χ3v) is 7.30. The molecule has 1 aromatic heterocycles. The quantitative estimate of drug-likeness (QED) is 0.313. The molecule has 1 aliphatic rings. The molecule has 0 bridgehead atoms. The van der Waals surface area contributed by atoms with Crippen LogP contribution in [0, 0.1) is 0 Å². The molecule has 9 heteroatoms. The Morgan fingerprint density at radius 1 is 0.763 bits per heavy atom. The molecule has 1 atom stereocenters. The van der Waals surface area contributed by atoms with E-state index in [-0.39, 0.29) is 23.9 Å². The van der Waals surface area contributed by atoms with E-state index in [0.717, 1.165) is 5.56 Å². The second kappa shape index (κ2) is 11.0. The van der Waals surface area contributed by atoms with Gasteiger partial charge in [0.05, 0.1) is 11.6 Å². The maximum atomic E-state index is 13.6. The predicted octanol–water partition coefficient (Wildman–Crippen LogP) is 6.34. The van der Waals surface area contributed by atoms with Gasteiger partial charge in [-0.25, -0.2) is 0 Å². The minimum Gasteiger partial charge on any atom is -0.334 e. The largest absolute Gasteiger partial charge is 0.334 e. The summed E-state index contributed by atoms with van der Waals surface area (Å²) in [4.78, 5) is 45.8.